The lowest BCUT2D eigenvalue weighted by molar-refractivity contribution is 0.0586. The fraction of sp³-hybridized carbons (Fsp3) is 0.346. The lowest BCUT2D eigenvalue weighted by Crippen LogP contribution is -2.30. The molecule has 4 rings (SSSR count). The van der Waals surface area contributed by atoms with Crippen molar-refractivity contribution in [2.75, 3.05) is 20.8 Å². The van der Waals surface area contributed by atoms with Crippen LogP contribution in [0.3, 0.4) is 0 Å². The molecule has 0 saturated heterocycles. The molecule has 0 amide bonds. The molecule has 0 N–H and O–H groups in total. The van der Waals surface area contributed by atoms with Crippen LogP contribution in [0.1, 0.15) is 37.2 Å². The monoisotopic (exact) mass is 538 g/mol. The first-order valence-electron chi connectivity index (χ1n) is 12.0. The van der Waals surface area contributed by atoms with Crippen LogP contribution >= 0.6 is 0 Å². The fourth-order valence-electron chi connectivity index (χ4n) is 4.07. The summed E-state index contributed by atoms with van der Waals surface area (Å²) in [7, 11) is -0.789. The average Bonchev–Trinajstić information content (AvgIpc) is 3.34. The smallest absolute Gasteiger partial charge is 0.170 e. The summed E-state index contributed by atoms with van der Waals surface area (Å²) in [5.41, 5.74) is 2.29. The molecule has 0 saturated carbocycles. The Morgan fingerprint density at radius 2 is 1.71 bits per heavy atom. The van der Waals surface area contributed by atoms with Crippen LogP contribution in [0.15, 0.2) is 55.1 Å². The molecule has 0 bridgehead atoms. The molecule has 0 aliphatic rings. The Kier molecular flexibility index (Phi) is 8.32. The van der Waals surface area contributed by atoms with Crippen molar-refractivity contribution in [3.05, 3.63) is 72.3 Å². The van der Waals surface area contributed by atoms with Crippen molar-refractivity contribution in [2.45, 2.75) is 37.9 Å². The molecule has 12 heteroatoms. The van der Waals surface area contributed by atoms with E-state index in [1.165, 1.54) is 14.2 Å². The Balaban J connectivity index is 1.83. The molecule has 38 heavy (non-hydrogen) atoms. The van der Waals surface area contributed by atoms with Crippen molar-refractivity contribution in [1.29, 1.82) is 0 Å². The molecule has 200 valence electrons. The maximum absolute atomic E-state index is 13.8. The van der Waals surface area contributed by atoms with Gasteiger partial charge in [-0.25, -0.2) is 8.42 Å². The number of benzene rings is 1. The van der Waals surface area contributed by atoms with E-state index in [4.69, 9.17) is 14.2 Å². The van der Waals surface area contributed by atoms with E-state index in [2.05, 4.69) is 25.1 Å². The van der Waals surface area contributed by atoms with Crippen LogP contribution in [0.4, 0.5) is 0 Å². The highest BCUT2D eigenvalue weighted by Crippen LogP contribution is 2.37. The van der Waals surface area contributed by atoms with Crippen LogP contribution in [0, 0.1) is 6.92 Å². The Morgan fingerprint density at radius 3 is 2.29 bits per heavy atom. The molecule has 0 radical (unpaired) electrons. The molecule has 0 aliphatic heterocycles. The number of hydrogen-bond acceptors (Lipinski definition) is 10. The average molecular weight is 539 g/mol. The second-order valence-electron chi connectivity index (χ2n) is 8.50. The maximum atomic E-state index is 13.8. The minimum atomic E-state index is -3.84. The highest BCUT2D eigenvalue weighted by molar-refractivity contribution is 7.91. The first-order valence-corrected chi connectivity index (χ1v) is 13.7. The molecule has 2 atom stereocenters. The molecule has 3 aromatic heterocycles. The molecule has 1 aromatic carbocycles. The third kappa shape index (κ3) is 5.50. The first-order chi connectivity index (χ1) is 18.3. The number of sulfone groups is 1. The third-order valence-electron chi connectivity index (χ3n) is 6.04. The van der Waals surface area contributed by atoms with Crippen LogP contribution < -0.4 is 9.47 Å². The van der Waals surface area contributed by atoms with Gasteiger partial charge in [-0.3, -0.25) is 19.5 Å². The van der Waals surface area contributed by atoms with Gasteiger partial charge in [-0.05, 0) is 45.0 Å². The number of methoxy groups -OCH3 is 2. The van der Waals surface area contributed by atoms with Crippen molar-refractivity contribution < 1.29 is 22.6 Å². The van der Waals surface area contributed by atoms with Gasteiger partial charge in [0.05, 0.1) is 37.1 Å². The van der Waals surface area contributed by atoms with E-state index >= 15 is 0 Å². The second-order valence-corrected chi connectivity index (χ2v) is 10.9. The minimum absolute atomic E-state index is 0.184. The standard InChI is InChI=1S/C26H30N6O5S/c1-6-37-25(20-15-28-17(2)13-29-20)18(3)38(33,34)16-23-30-31-26(19-9-8-12-27-14-19)32(23)24-21(35-4)10-7-11-22(24)36-5/h7-15,18,25H,6,16H2,1-5H3/t18-,25-/m0/s1. The van der Waals surface area contributed by atoms with E-state index in [1.807, 2.05) is 13.0 Å². The Bertz CT molecular complexity index is 1450. The van der Waals surface area contributed by atoms with Crippen LogP contribution in [-0.2, 0) is 20.3 Å². The van der Waals surface area contributed by atoms with Crippen LogP contribution in [0.5, 0.6) is 11.5 Å². The number of para-hydroxylation sites is 1. The summed E-state index contributed by atoms with van der Waals surface area (Å²) in [6.45, 7) is 5.52. The zero-order chi connectivity index (χ0) is 27.3. The predicted octanol–water partition coefficient (Wildman–Crippen LogP) is 3.53. The topological polar surface area (TPSA) is 131 Å². The first kappa shape index (κ1) is 27.1. The lowest BCUT2D eigenvalue weighted by Gasteiger charge is -2.23. The third-order valence-corrected chi connectivity index (χ3v) is 8.08. The molecule has 4 aromatic rings. The summed E-state index contributed by atoms with van der Waals surface area (Å²) in [5, 5.41) is 7.70. The van der Waals surface area contributed by atoms with Gasteiger partial charge >= 0.3 is 0 Å². The van der Waals surface area contributed by atoms with Gasteiger partial charge < -0.3 is 14.2 Å². The number of aromatic nitrogens is 6. The molecule has 0 unspecified atom stereocenters. The Hall–Kier alpha value is -3.90. The van der Waals surface area contributed by atoms with Gasteiger partial charge in [0.15, 0.2) is 21.5 Å². The quantitative estimate of drug-likeness (QED) is 0.279. The summed E-state index contributed by atoms with van der Waals surface area (Å²) in [4.78, 5) is 12.8. The van der Waals surface area contributed by atoms with E-state index in [0.717, 1.165) is 5.69 Å². The zero-order valence-electron chi connectivity index (χ0n) is 21.9. The SMILES string of the molecule is CCO[C@H](c1cnc(C)cn1)[C@H](C)S(=O)(=O)Cc1nnc(-c2cccnc2)n1-c1c(OC)cccc1OC. The van der Waals surface area contributed by atoms with Crippen molar-refractivity contribution >= 4 is 9.84 Å². The van der Waals surface area contributed by atoms with E-state index in [9.17, 15) is 8.42 Å². The van der Waals surface area contributed by atoms with Gasteiger partial charge in [0.2, 0.25) is 0 Å². The summed E-state index contributed by atoms with van der Waals surface area (Å²) < 4.78 is 46.3. The molecule has 3 heterocycles. The molecular formula is C26H30N6O5S. The summed E-state index contributed by atoms with van der Waals surface area (Å²) in [5.74, 6) is 1.07. The van der Waals surface area contributed by atoms with Gasteiger partial charge in [-0.1, -0.05) is 6.07 Å². The molecular weight excluding hydrogens is 508 g/mol. The highest BCUT2D eigenvalue weighted by Gasteiger charge is 2.35. The molecule has 0 spiro atoms. The Morgan fingerprint density at radius 1 is 0.974 bits per heavy atom. The van der Waals surface area contributed by atoms with Crippen LogP contribution in [0.2, 0.25) is 0 Å². The van der Waals surface area contributed by atoms with Gasteiger partial charge in [-0.15, -0.1) is 10.2 Å². The van der Waals surface area contributed by atoms with Crippen molar-refractivity contribution in [1.82, 2.24) is 29.7 Å². The van der Waals surface area contributed by atoms with Gasteiger partial charge in [-0.2, -0.15) is 0 Å². The second kappa shape index (κ2) is 11.7. The highest BCUT2D eigenvalue weighted by atomic mass is 32.2. The van der Waals surface area contributed by atoms with Gasteiger partial charge in [0, 0.05) is 30.8 Å². The molecule has 0 aliphatic carbocycles. The number of hydrogen-bond donors (Lipinski definition) is 0. The number of pyridine rings is 1. The number of nitrogens with zero attached hydrogens (tertiary/aromatic N) is 6. The zero-order valence-corrected chi connectivity index (χ0v) is 22.7. The summed E-state index contributed by atoms with van der Waals surface area (Å²) in [6.07, 6.45) is 5.59. The van der Waals surface area contributed by atoms with Crippen LogP contribution in [0.25, 0.3) is 17.1 Å². The van der Waals surface area contributed by atoms with Crippen molar-refractivity contribution in [2.24, 2.45) is 0 Å². The van der Waals surface area contributed by atoms with E-state index in [-0.39, 0.29) is 5.82 Å². The molecule has 11 nitrogen and oxygen atoms in total. The lowest BCUT2D eigenvalue weighted by atomic mass is 10.2. The van der Waals surface area contributed by atoms with Gasteiger partial charge in [0.25, 0.3) is 0 Å². The normalized spacial score (nSPS) is 13.2. The van der Waals surface area contributed by atoms with Gasteiger partial charge in [0.1, 0.15) is 29.0 Å². The minimum Gasteiger partial charge on any atom is -0.494 e. The summed E-state index contributed by atoms with van der Waals surface area (Å²) in [6, 6.07) is 8.88. The van der Waals surface area contributed by atoms with Crippen molar-refractivity contribution in [3.63, 3.8) is 0 Å². The summed E-state index contributed by atoms with van der Waals surface area (Å²) >= 11 is 0. The van der Waals surface area contributed by atoms with Crippen LogP contribution in [-0.4, -0.2) is 64.2 Å². The number of aryl methyl sites for hydroxylation is 1. The predicted molar refractivity (Wildman–Crippen MR) is 141 cm³/mol. The van der Waals surface area contributed by atoms with E-state index in [0.29, 0.717) is 40.9 Å². The maximum Gasteiger partial charge on any atom is 0.170 e. The number of ether oxygens (including phenoxy) is 3. The van der Waals surface area contributed by atoms with E-state index in [1.54, 1.807) is 67.5 Å². The number of rotatable bonds is 11. The largest absolute Gasteiger partial charge is 0.494 e. The van der Waals surface area contributed by atoms with E-state index < -0.39 is 26.9 Å². The molecule has 0 fully saturated rings. The fourth-order valence-corrected chi connectivity index (χ4v) is 5.47. The Labute approximate surface area is 221 Å². The van der Waals surface area contributed by atoms with Crippen molar-refractivity contribution in [3.8, 4) is 28.6 Å².